The Morgan fingerprint density at radius 3 is 1.88 bits per heavy atom. The zero-order valence-electron chi connectivity index (χ0n) is 16.7. The van der Waals surface area contributed by atoms with Crippen LogP contribution in [0.3, 0.4) is 0 Å². The predicted octanol–water partition coefficient (Wildman–Crippen LogP) is 4.38. The van der Waals surface area contributed by atoms with Gasteiger partial charge in [-0.25, -0.2) is 0 Å². The van der Waals surface area contributed by atoms with Gasteiger partial charge in [0.25, 0.3) is 0 Å². The number of hydrogen-bond acceptors (Lipinski definition) is 2. The Kier molecular flexibility index (Phi) is 8.49. The molecule has 142 valence electrons. The number of quaternary nitrogens is 1. The fourth-order valence-electron chi connectivity index (χ4n) is 3.24. The van der Waals surface area contributed by atoms with E-state index in [0.717, 1.165) is 30.5 Å². The largest absolute Gasteiger partial charge is 0.497 e. The zero-order valence-corrected chi connectivity index (χ0v) is 16.7. The summed E-state index contributed by atoms with van der Waals surface area (Å²) in [6.07, 6.45) is 3.73. The van der Waals surface area contributed by atoms with Gasteiger partial charge in [0.1, 0.15) is 18.0 Å². The van der Waals surface area contributed by atoms with Crippen molar-refractivity contribution in [2.24, 2.45) is 5.92 Å². The lowest BCUT2D eigenvalue weighted by molar-refractivity contribution is -0.671. The Morgan fingerprint density at radius 2 is 1.35 bits per heavy atom. The summed E-state index contributed by atoms with van der Waals surface area (Å²) in [5, 5.41) is 2.41. The van der Waals surface area contributed by atoms with Crippen LogP contribution < -0.4 is 14.8 Å². The summed E-state index contributed by atoms with van der Waals surface area (Å²) in [6, 6.07) is 17.0. The number of hydrogen-bond donors (Lipinski definition) is 1. The molecule has 0 fully saturated rings. The lowest BCUT2D eigenvalue weighted by Crippen LogP contribution is -2.82. The van der Waals surface area contributed by atoms with Crippen LogP contribution >= 0.6 is 0 Å². The normalized spacial score (nSPS) is 12.2. The number of methoxy groups -OCH3 is 2. The van der Waals surface area contributed by atoms with Gasteiger partial charge >= 0.3 is 0 Å². The van der Waals surface area contributed by atoms with Gasteiger partial charge in [-0.15, -0.1) is 0 Å². The van der Waals surface area contributed by atoms with Crippen LogP contribution in [0.25, 0.3) is 0 Å². The van der Waals surface area contributed by atoms with Gasteiger partial charge in [-0.1, -0.05) is 32.4 Å². The van der Waals surface area contributed by atoms with E-state index in [9.17, 15) is 0 Å². The third-order valence-corrected chi connectivity index (χ3v) is 4.94. The summed E-state index contributed by atoms with van der Waals surface area (Å²) >= 11 is 0. The van der Waals surface area contributed by atoms with Crippen LogP contribution in [0.4, 0.5) is 0 Å². The smallest absolute Gasteiger partial charge is 0.118 e. The van der Waals surface area contributed by atoms with Crippen LogP contribution in [0.5, 0.6) is 11.5 Å². The Labute approximate surface area is 158 Å². The van der Waals surface area contributed by atoms with E-state index >= 15 is 0 Å². The molecule has 0 amide bonds. The second-order valence-electron chi connectivity index (χ2n) is 7.36. The van der Waals surface area contributed by atoms with Gasteiger partial charge in [0, 0.05) is 12.0 Å². The molecule has 2 aromatic carbocycles. The van der Waals surface area contributed by atoms with Crippen LogP contribution in [0.15, 0.2) is 48.5 Å². The molecule has 0 aliphatic heterocycles. The van der Waals surface area contributed by atoms with Crippen LogP contribution in [0.1, 0.15) is 50.2 Å². The van der Waals surface area contributed by atoms with Gasteiger partial charge in [0.15, 0.2) is 0 Å². The van der Waals surface area contributed by atoms with Crippen molar-refractivity contribution in [1.82, 2.24) is 0 Å². The molecule has 0 bridgehead atoms. The molecule has 0 aromatic heterocycles. The van der Waals surface area contributed by atoms with Gasteiger partial charge in [0.2, 0.25) is 0 Å². The molecule has 0 heterocycles. The predicted molar refractivity (Wildman–Crippen MR) is 108 cm³/mol. The molecule has 26 heavy (non-hydrogen) atoms. The van der Waals surface area contributed by atoms with E-state index in [4.69, 9.17) is 9.47 Å². The van der Waals surface area contributed by atoms with E-state index < -0.39 is 0 Å². The third kappa shape index (κ3) is 6.72. The van der Waals surface area contributed by atoms with Crippen LogP contribution in [0, 0.1) is 5.92 Å². The van der Waals surface area contributed by atoms with Crippen molar-refractivity contribution >= 4 is 0 Å². The van der Waals surface area contributed by atoms with Gasteiger partial charge in [-0.05, 0) is 60.2 Å². The number of nitrogens with two attached hydrogens (primary N) is 1. The lowest BCUT2D eigenvalue weighted by atomic mass is 9.88. The number of benzene rings is 2. The van der Waals surface area contributed by atoms with E-state index in [1.807, 2.05) is 12.1 Å². The van der Waals surface area contributed by atoms with Gasteiger partial charge in [-0.2, -0.15) is 0 Å². The maximum Gasteiger partial charge on any atom is 0.118 e. The molecule has 0 aliphatic rings. The molecule has 2 aromatic rings. The van der Waals surface area contributed by atoms with E-state index in [-0.39, 0.29) is 0 Å². The lowest BCUT2D eigenvalue weighted by Gasteiger charge is -2.18. The molecule has 0 aliphatic carbocycles. The number of ether oxygens (including phenoxy) is 2. The molecule has 3 nitrogen and oxygen atoms in total. The average Bonchev–Trinajstić information content (AvgIpc) is 2.68. The first-order chi connectivity index (χ1) is 12.6. The summed E-state index contributed by atoms with van der Waals surface area (Å²) in [5.41, 5.74) is 2.78. The minimum absolute atomic E-state index is 0.621. The first kappa shape index (κ1) is 20.3. The van der Waals surface area contributed by atoms with E-state index in [2.05, 4.69) is 55.6 Å². The van der Waals surface area contributed by atoms with Crippen LogP contribution in [0.2, 0.25) is 0 Å². The SMILES string of the molecule is COc1ccc(C[NH2+]CC[C@H](CCC(C)C)c2ccc(OC)cc2)cc1. The Hall–Kier alpha value is -2.00. The first-order valence-electron chi connectivity index (χ1n) is 9.71. The molecule has 2 rings (SSSR count). The Balaban J connectivity index is 1.86. The summed E-state index contributed by atoms with van der Waals surface area (Å²) in [7, 11) is 3.43. The summed E-state index contributed by atoms with van der Waals surface area (Å²) in [4.78, 5) is 0. The Morgan fingerprint density at radius 1 is 0.769 bits per heavy atom. The van der Waals surface area contributed by atoms with Crippen LogP contribution in [-0.4, -0.2) is 20.8 Å². The molecule has 0 saturated heterocycles. The van der Waals surface area contributed by atoms with Crippen molar-refractivity contribution in [1.29, 1.82) is 0 Å². The third-order valence-electron chi connectivity index (χ3n) is 4.94. The van der Waals surface area contributed by atoms with Crippen molar-refractivity contribution in [2.45, 2.75) is 45.6 Å². The highest BCUT2D eigenvalue weighted by Gasteiger charge is 2.13. The molecule has 0 saturated carbocycles. The summed E-state index contributed by atoms with van der Waals surface area (Å²) in [6.45, 7) is 6.77. The summed E-state index contributed by atoms with van der Waals surface area (Å²) < 4.78 is 10.5. The van der Waals surface area contributed by atoms with Gasteiger partial charge in [-0.3, -0.25) is 0 Å². The quantitative estimate of drug-likeness (QED) is 0.607. The van der Waals surface area contributed by atoms with Crippen molar-refractivity contribution in [3.8, 4) is 11.5 Å². The standard InChI is InChI=1S/C23H33NO2/c1-18(2)5-8-21(20-9-13-23(26-4)14-10-20)15-16-24-17-19-6-11-22(25-3)12-7-19/h6-7,9-14,18,21,24H,5,8,15-17H2,1-4H3/p+1/t21-/m0/s1. The van der Waals surface area contributed by atoms with Crippen molar-refractivity contribution in [3.05, 3.63) is 59.7 Å². The minimum Gasteiger partial charge on any atom is -0.497 e. The molecule has 2 N–H and O–H groups in total. The highest BCUT2D eigenvalue weighted by molar-refractivity contribution is 5.29. The van der Waals surface area contributed by atoms with Crippen LogP contribution in [-0.2, 0) is 6.54 Å². The number of rotatable bonds is 11. The summed E-state index contributed by atoms with van der Waals surface area (Å²) in [5.74, 6) is 3.22. The topological polar surface area (TPSA) is 35.1 Å². The van der Waals surface area contributed by atoms with Gasteiger partial charge in [0.05, 0.1) is 20.8 Å². The monoisotopic (exact) mass is 356 g/mol. The molecule has 3 heteroatoms. The minimum atomic E-state index is 0.621. The molecule has 1 atom stereocenters. The van der Waals surface area contributed by atoms with E-state index in [1.165, 1.54) is 30.4 Å². The zero-order chi connectivity index (χ0) is 18.8. The van der Waals surface area contributed by atoms with Gasteiger partial charge < -0.3 is 14.8 Å². The maximum absolute atomic E-state index is 5.30. The van der Waals surface area contributed by atoms with E-state index in [1.54, 1.807) is 14.2 Å². The second kappa shape index (κ2) is 10.9. The highest BCUT2D eigenvalue weighted by Crippen LogP contribution is 2.27. The molecular formula is C23H34NO2+. The molecule has 0 unspecified atom stereocenters. The molecule has 0 spiro atoms. The second-order valence-corrected chi connectivity index (χ2v) is 7.36. The van der Waals surface area contributed by atoms with Crippen molar-refractivity contribution < 1.29 is 14.8 Å². The molecule has 0 radical (unpaired) electrons. The van der Waals surface area contributed by atoms with Crippen molar-refractivity contribution in [3.63, 3.8) is 0 Å². The fraction of sp³-hybridized carbons (Fsp3) is 0.478. The molecular weight excluding hydrogens is 322 g/mol. The average molecular weight is 357 g/mol. The fourth-order valence-corrected chi connectivity index (χ4v) is 3.24. The first-order valence-corrected chi connectivity index (χ1v) is 9.71. The van der Waals surface area contributed by atoms with Crippen molar-refractivity contribution in [2.75, 3.05) is 20.8 Å². The van der Waals surface area contributed by atoms with E-state index in [0.29, 0.717) is 5.92 Å². The maximum atomic E-state index is 5.30. The Bertz CT molecular complexity index is 620. The highest BCUT2D eigenvalue weighted by atomic mass is 16.5.